The molecular weight excluding hydrogens is 225 g/mol. The Morgan fingerprint density at radius 1 is 1.41 bits per heavy atom. The fourth-order valence-corrected chi connectivity index (χ4v) is 1.29. The second-order valence-corrected chi connectivity index (χ2v) is 3.67. The van der Waals surface area contributed by atoms with Crippen LogP contribution in [0.4, 0.5) is 4.39 Å². The summed E-state index contributed by atoms with van der Waals surface area (Å²) in [6.07, 6.45) is 0. The van der Waals surface area contributed by atoms with Crippen molar-refractivity contribution in [3.05, 3.63) is 30.1 Å². The molecule has 1 atom stereocenters. The zero-order valence-electron chi connectivity index (χ0n) is 9.90. The summed E-state index contributed by atoms with van der Waals surface area (Å²) in [5.41, 5.74) is 0. The maximum absolute atomic E-state index is 12.6. The zero-order chi connectivity index (χ0) is 12.7. The first-order valence-corrected chi connectivity index (χ1v) is 5.28. The normalized spacial score (nSPS) is 11.9. The van der Waals surface area contributed by atoms with Crippen molar-refractivity contribution < 1.29 is 18.7 Å². The molecule has 0 saturated carbocycles. The summed E-state index contributed by atoms with van der Waals surface area (Å²) in [6.45, 7) is 2.18. The lowest BCUT2D eigenvalue weighted by atomic mass is 10.3. The molecular formula is C12H16FNO3. The Hall–Kier alpha value is -1.62. The maximum Gasteiger partial charge on any atom is 0.258 e. The number of nitrogens with one attached hydrogen (secondary N) is 1. The van der Waals surface area contributed by atoms with Gasteiger partial charge in [0.15, 0.2) is 6.61 Å². The SMILES string of the molecule is COCC(C)NC(=O)COc1ccc(F)cc1. The molecule has 1 N–H and O–H groups in total. The van der Waals surface area contributed by atoms with Gasteiger partial charge in [-0.3, -0.25) is 4.79 Å². The van der Waals surface area contributed by atoms with Crippen LogP contribution >= 0.6 is 0 Å². The number of carbonyl (C=O) groups is 1. The fraction of sp³-hybridized carbons (Fsp3) is 0.417. The van der Waals surface area contributed by atoms with E-state index in [-0.39, 0.29) is 24.4 Å². The molecule has 0 aliphatic carbocycles. The molecule has 5 heteroatoms. The first-order chi connectivity index (χ1) is 8.11. The van der Waals surface area contributed by atoms with E-state index in [1.54, 1.807) is 7.11 Å². The zero-order valence-corrected chi connectivity index (χ0v) is 9.90. The Morgan fingerprint density at radius 3 is 2.65 bits per heavy atom. The molecule has 94 valence electrons. The van der Waals surface area contributed by atoms with Gasteiger partial charge < -0.3 is 14.8 Å². The number of methoxy groups -OCH3 is 1. The quantitative estimate of drug-likeness (QED) is 0.818. The molecule has 4 nitrogen and oxygen atoms in total. The fourth-order valence-electron chi connectivity index (χ4n) is 1.29. The first-order valence-electron chi connectivity index (χ1n) is 5.28. The lowest BCUT2D eigenvalue weighted by Crippen LogP contribution is -2.38. The highest BCUT2D eigenvalue weighted by Gasteiger charge is 2.07. The molecule has 1 aromatic rings. The molecule has 0 aliphatic rings. The molecule has 0 heterocycles. The summed E-state index contributed by atoms with van der Waals surface area (Å²) in [5.74, 6) is -0.115. The largest absolute Gasteiger partial charge is 0.484 e. The molecule has 1 aromatic carbocycles. The van der Waals surface area contributed by atoms with Gasteiger partial charge in [-0.2, -0.15) is 0 Å². The highest BCUT2D eigenvalue weighted by molar-refractivity contribution is 5.77. The Bertz CT molecular complexity index is 353. The van der Waals surface area contributed by atoms with Crippen molar-refractivity contribution in [3.8, 4) is 5.75 Å². The molecule has 17 heavy (non-hydrogen) atoms. The maximum atomic E-state index is 12.6. The Kier molecular flexibility index (Phi) is 5.42. The molecule has 0 fully saturated rings. The molecule has 0 spiro atoms. The summed E-state index contributed by atoms with van der Waals surface area (Å²) in [7, 11) is 1.57. The van der Waals surface area contributed by atoms with Crippen molar-refractivity contribution in [1.29, 1.82) is 0 Å². The molecule has 1 rings (SSSR count). The van der Waals surface area contributed by atoms with E-state index in [0.717, 1.165) is 0 Å². The van der Waals surface area contributed by atoms with Crippen LogP contribution in [0.25, 0.3) is 0 Å². The average molecular weight is 241 g/mol. The van der Waals surface area contributed by atoms with Crippen LogP contribution in [0.15, 0.2) is 24.3 Å². The standard InChI is InChI=1S/C12H16FNO3/c1-9(7-16-2)14-12(15)8-17-11-5-3-10(13)4-6-11/h3-6,9H,7-8H2,1-2H3,(H,14,15). The second-order valence-electron chi connectivity index (χ2n) is 3.67. The van der Waals surface area contributed by atoms with Crippen LogP contribution in [0.5, 0.6) is 5.75 Å². The van der Waals surface area contributed by atoms with Gasteiger partial charge in [-0.25, -0.2) is 4.39 Å². The number of hydrogen-bond donors (Lipinski definition) is 1. The summed E-state index contributed by atoms with van der Waals surface area (Å²) in [4.78, 5) is 11.4. The van der Waals surface area contributed by atoms with Crippen LogP contribution in [-0.4, -0.2) is 32.3 Å². The van der Waals surface area contributed by atoms with Crippen LogP contribution in [0.1, 0.15) is 6.92 Å². The minimum atomic E-state index is -0.337. The Morgan fingerprint density at radius 2 is 2.06 bits per heavy atom. The van der Waals surface area contributed by atoms with Gasteiger partial charge in [-0.1, -0.05) is 0 Å². The van der Waals surface area contributed by atoms with E-state index in [9.17, 15) is 9.18 Å². The molecule has 1 unspecified atom stereocenters. The van der Waals surface area contributed by atoms with E-state index in [0.29, 0.717) is 12.4 Å². The van der Waals surface area contributed by atoms with E-state index in [1.807, 2.05) is 6.92 Å². The monoisotopic (exact) mass is 241 g/mol. The third-order valence-electron chi connectivity index (χ3n) is 2.01. The van der Waals surface area contributed by atoms with E-state index in [2.05, 4.69) is 5.32 Å². The minimum Gasteiger partial charge on any atom is -0.484 e. The Labute approximate surface area is 99.7 Å². The number of carbonyl (C=O) groups excluding carboxylic acids is 1. The van der Waals surface area contributed by atoms with Gasteiger partial charge in [0.1, 0.15) is 11.6 Å². The predicted octanol–water partition coefficient (Wildman–Crippen LogP) is 1.36. The van der Waals surface area contributed by atoms with Gasteiger partial charge in [0.2, 0.25) is 0 Å². The van der Waals surface area contributed by atoms with E-state index >= 15 is 0 Å². The highest BCUT2D eigenvalue weighted by Crippen LogP contribution is 2.10. The number of amides is 1. The van der Waals surface area contributed by atoms with E-state index < -0.39 is 0 Å². The van der Waals surface area contributed by atoms with Gasteiger partial charge in [0, 0.05) is 13.2 Å². The lowest BCUT2D eigenvalue weighted by Gasteiger charge is -2.13. The van der Waals surface area contributed by atoms with Crippen molar-refractivity contribution >= 4 is 5.91 Å². The summed E-state index contributed by atoms with van der Waals surface area (Å²) in [6, 6.07) is 5.44. The number of hydrogen-bond acceptors (Lipinski definition) is 3. The number of rotatable bonds is 6. The van der Waals surface area contributed by atoms with Gasteiger partial charge in [-0.15, -0.1) is 0 Å². The smallest absolute Gasteiger partial charge is 0.258 e. The first kappa shape index (κ1) is 13.4. The highest BCUT2D eigenvalue weighted by atomic mass is 19.1. The summed E-state index contributed by atoms with van der Waals surface area (Å²) >= 11 is 0. The molecule has 0 radical (unpaired) electrons. The third-order valence-corrected chi connectivity index (χ3v) is 2.01. The topological polar surface area (TPSA) is 47.6 Å². The van der Waals surface area contributed by atoms with Crippen LogP contribution in [0.2, 0.25) is 0 Å². The Balaban J connectivity index is 2.30. The third kappa shape index (κ3) is 5.31. The molecule has 1 amide bonds. The van der Waals surface area contributed by atoms with Gasteiger partial charge in [-0.05, 0) is 31.2 Å². The van der Waals surface area contributed by atoms with Gasteiger partial charge in [0.05, 0.1) is 6.61 Å². The van der Waals surface area contributed by atoms with Crippen molar-refractivity contribution in [2.24, 2.45) is 0 Å². The molecule has 0 aromatic heterocycles. The van der Waals surface area contributed by atoms with Crippen molar-refractivity contribution in [2.75, 3.05) is 20.3 Å². The second kappa shape index (κ2) is 6.85. The van der Waals surface area contributed by atoms with Crippen LogP contribution < -0.4 is 10.1 Å². The number of ether oxygens (including phenoxy) is 2. The predicted molar refractivity (Wildman–Crippen MR) is 61.4 cm³/mol. The lowest BCUT2D eigenvalue weighted by molar-refractivity contribution is -0.124. The number of halogens is 1. The van der Waals surface area contributed by atoms with Crippen LogP contribution in [0, 0.1) is 5.82 Å². The molecule has 0 saturated heterocycles. The van der Waals surface area contributed by atoms with Crippen molar-refractivity contribution in [2.45, 2.75) is 13.0 Å². The summed E-state index contributed by atoms with van der Waals surface area (Å²) < 4.78 is 22.7. The van der Waals surface area contributed by atoms with Crippen LogP contribution in [0.3, 0.4) is 0 Å². The number of benzene rings is 1. The minimum absolute atomic E-state index is 0.0654. The van der Waals surface area contributed by atoms with Crippen molar-refractivity contribution in [1.82, 2.24) is 5.32 Å². The molecule has 0 aliphatic heterocycles. The summed E-state index contributed by atoms with van der Waals surface area (Å²) in [5, 5.41) is 2.70. The van der Waals surface area contributed by atoms with Gasteiger partial charge in [0.25, 0.3) is 5.91 Å². The van der Waals surface area contributed by atoms with E-state index in [1.165, 1.54) is 24.3 Å². The average Bonchev–Trinajstić information content (AvgIpc) is 2.28. The van der Waals surface area contributed by atoms with Crippen molar-refractivity contribution in [3.63, 3.8) is 0 Å². The molecule has 0 bridgehead atoms. The van der Waals surface area contributed by atoms with Crippen LogP contribution in [-0.2, 0) is 9.53 Å². The van der Waals surface area contributed by atoms with E-state index in [4.69, 9.17) is 9.47 Å². The van der Waals surface area contributed by atoms with Gasteiger partial charge >= 0.3 is 0 Å².